The molecule has 2 amide bonds. The lowest BCUT2D eigenvalue weighted by atomic mass is 9.88. The highest BCUT2D eigenvalue weighted by Crippen LogP contribution is 2.39. The Morgan fingerprint density at radius 1 is 1.20 bits per heavy atom. The first-order chi connectivity index (χ1) is 12.1. The summed E-state index contributed by atoms with van der Waals surface area (Å²) in [5.74, 6) is 1.22. The highest BCUT2D eigenvalue weighted by atomic mass is 16.5. The first-order valence-corrected chi connectivity index (χ1v) is 9.30. The Balaban J connectivity index is 1.87. The van der Waals surface area contributed by atoms with Crippen LogP contribution in [0.15, 0.2) is 24.3 Å². The number of hydrogen-bond donors (Lipinski definition) is 0. The minimum atomic E-state index is -0.172. The number of carbonyl (C=O) groups is 2. The van der Waals surface area contributed by atoms with E-state index >= 15 is 0 Å². The lowest BCUT2D eigenvalue weighted by molar-refractivity contribution is -0.135. The Labute approximate surface area is 149 Å². The molecule has 0 aromatic heterocycles. The third-order valence-corrected chi connectivity index (χ3v) is 5.47. The molecule has 1 heterocycles. The zero-order valence-electron chi connectivity index (χ0n) is 15.4. The van der Waals surface area contributed by atoms with Crippen molar-refractivity contribution in [2.24, 2.45) is 11.8 Å². The molecular weight excluding hydrogens is 316 g/mol. The van der Waals surface area contributed by atoms with Crippen molar-refractivity contribution in [2.45, 2.75) is 32.6 Å². The van der Waals surface area contributed by atoms with E-state index in [-0.39, 0.29) is 29.6 Å². The van der Waals surface area contributed by atoms with Gasteiger partial charge in [-0.3, -0.25) is 9.59 Å². The van der Waals surface area contributed by atoms with Crippen molar-refractivity contribution in [3.05, 3.63) is 29.8 Å². The van der Waals surface area contributed by atoms with E-state index in [1.54, 1.807) is 7.11 Å². The maximum absolute atomic E-state index is 13.1. The summed E-state index contributed by atoms with van der Waals surface area (Å²) in [4.78, 5) is 29.4. The Morgan fingerprint density at radius 3 is 2.52 bits per heavy atom. The van der Waals surface area contributed by atoms with Crippen molar-refractivity contribution in [2.75, 3.05) is 33.3 Å². The fourth-order valence-electron chi connectivity index (χ4n) is 3.80. The third-order valence-electron chi connectivity index (χ3n) is 5.47. The van der Waals surface area contributed by atoms with E-state index in [4.69, 9.17) is 4.74 Å². The van der Waals surface area contributed by atoms with Crippen molar-refractivity contribution in [3.63, 3.8) is 0 Å². The predicted octanol–water partition coefficient (Wildman–Crippen LogP) is 2.52. The molecule has 1 aliphatic carbocycles. The van der Waals surface area contributed by atoms with Crippen LogP contribution in [0.3, 0.4) is 0 Å². The van der Waals surface area contributed by atoms with E-state index in [1.807, 2.05) is 47.9 Å². The van der Waals surface area contributed by atoms with Gasteiger partial charge < -0.3 is 14.5 Å². The number of nitrogens with zero attached hydrogens (tertiary/aromatic N) is 2. The molecule has 5 heteroatoms. The molecule has 0 spiro atoms. The van der Waals surface area contributed by atoms with E-state index in [2.05, 4.69) is 0 Å². The average molecular weight is 344 g/mol. The molecule has 2 fully saturated rings. The number of ether oxygens (including phenoxy) is 1. The molecule has 2 unspecified atom stereocenters. The highest BCUT2D eigenvalue weighted by molar-refractivity contribution is 5.85. The van der Waals surface area contributed by atoms with Gasteiger partial charge in [0.2, 0.25) is 11.8 Å². The molecule has 2 aliphatic rings. The van der Waals surface area contributed by atoms with Crippen LogP contribution in [0.2, 0.25) is 0 Å². The molecular formula is C20H28N2O3. The quantitative estimate of drug-likeness (QED) is 0.797. The van der Waals surface area contributed by atoms with Crippen LogP contribution in [-0.2, 0) is 9.59 Å². The highest BCUT2D eigenvalue weighted by Gasteiger charge is 2.44. The summed E-state index contributed by atoms with van der Waals surface area (Å²) >= 11 is 0. The summed E-state index contributed by atoms with van der Waals surface area (Å²) in [5.41, 5.74) is 1.08. The summed E-state index contributed by atoms with van der Waals surface area (Å²) in [6.07, 6.45) is 1.99. The maximum Gasteiger partial charge on any atom is 0.228 e. The minimum absolute atomic E-state index is 0.0332. The van der Waals surface area contributed by atoms with Crippen LogP contribution in [0.4, 0.5) is 0 Å². The lowest BCUT2D eigenvalue weighted by Gasteiger charge is -2.26. The molecule has 0 N–H and O–H groups in total. The Bertz CT molecular complexity index is 638. The van der Waals surface area contributed by atoms with Crippen molar-refractivity contribution in [1.29, 1.82) is 0 Å². The van der Waals surface area contributed by atoms with Crippen LogP contribution < -0.4 is 4.74 Å². The van der Waals surface area contributed by atoms with Crippen molar-refractivity contribution >= 4 is 11.8 Å². The summed E-state index contributed by atoms with van der Waals surface area (Å²) in [6.45, 7) is 6.57. The van der Waals surface area contributed by atoms with Crippen LogP contribution >= 0.6 is 0 Å². The van der Waals surface area contributed by atoms with Gasteiger partial charge in [0, 0.05) is 38.0 Å². The van der Waals surface area contributed by atoms with Gasteiger partial charge in [0.05, 0.1) is 13.0 Å². The van der Waals surface area contributed by atoms with Gasteiger partial charge in [-0.15, -0.1) is 0 Å². The second-order valence-corrected chi connectivity index (χ2v) is 7.02. The predicted molar refractivity (Wildman–Crippen MR) is 96.5 cm³/mol. The van der Waals surface area contributed by atoms with Crippen LogP contribution in [0.1, 0.15) is 38.2 Å². The van der Waals surface area contributed by atoms with Crippen molar-refractivity contribution < 1.29 is 14.3 Å². The van der Waals surface area contributed by atoms with E-state index in [0.717, 1.165) is 24.2 Å². The molecule has 1 aromatic carbocycles. The Hall–Kier alpha value is -2.04. The normalized spacial score (nSPS) is 22.8. The third kappa shape index (κ3) is 3.65. The molecule has 1 saturated carbocycles. The van der Waals surface area contributed by atoms with E-state index in [9.17, 15) is 9.59 Å². The molecule has 1 aliphatic heterocycles. The number of benzene rings is 1. The minimum Gasteiger partial charge on any atom is -0.497 e. The zero-order chi connectivity index (χ0) is 18.0. The molecule has 0 radical (unpaired) electrons. The van der Waals surface area contributed by atoms with Gasteiger partial charge in [0.1, 0.15) is 5.75 Å². The number of amides is 2. The number of hydrogen-bond acceptors (Lipinski definition) is 3. The second kappa shape index (κ2) is 7.46. The standard InChI is InChI=1S/C20H28N2O3/c1-4-21(5-2)20(24)18-13-22(19(23)14-9-10-14)12-17(18)15-7-6-8-16(11-15)25-3/h6-8,11,14,17-18H,4-5,9-10,12-13H2,1-3H3. The smallest absolute Gasteiger partial charge is 0.228 e. The van der Waals surface area contributed by atoms with Gasteiger partial charge in [-0.2, -0.15) is 0 Å². The Morgan fingerprint density at radius 2 is 1.92 bits per heavy atom. The van der Waals surface area contributed by atoms with Gasteiger partial charge in [0.15, 0.2) is 0 Å². The summed E-state index contributed by atoms with van der Waals surface area (Å²) in [7, 11) is 1.65. The molecule has 136 valence electrons. The van der Waals surface area contributed by atoms with Crippen molar-refractivity contribution in [1.82, 2.24) is 9.80 Å². The van der Waals surface area contributed by atoms with E-state index in [1.165, 1.54) is 0 Å². The molecule has 1 aromatic rings. The molecule has 25 heavy (non-hydrogen) atoms. The molecule has 0 bridgehead atoms. The number of rotatable bonds is 6. The molecule has 5 nitrogen and oxygen atoms in total. The topological polar surface area (TPSA) is 49.9 Å². The monoisotopic (exact) mass is 344 g/mol. The largest absolute Gasteiger partial charge is 0.497 e. The van der Waals surface area contributed by atoms with E-state index < -0.39 is 0 Å². The van der Waals surface area contributed by atoms with Gasteiger partial charge in [-0.05, 0) is 44.4 Å². The van der Waals surface area contributed by atoms with Crippen LogP contribution in [0.5, 0.6) is 5.75 Å². The molecule has 1 saturated heterocycles. The number of carbonyl (C=O) groups excluding carboxylic acids is 2. The number of likely N-dealkylation sites (tertiary alicyclic amines) is 1. The molecule has 2 atom stereocenters. The van der Waals surface area contributed by atoms with Crippen LogP contribution in [-0.4, -0.2) is 54.9 Å². The molecule has 3 rings (SSSR count). The first kappa shape index (κ1) is 17.8. The zero-order valence-corrected chi connectivity index (χ0v) is 15.4. The van der Waals surface area contributed by atoms with Crippen LogP contribution in [0, 0.1) is 11.8 Å². The van der Waals surface area contributed by atoms with E-state index in [0.29, 0.717) is 26.2 Å². The fourth-order valence-corrected chi connectivity index (χ4v) is 3.80. The second-order valence-electron chi connectivity index (χ2n) is 7.02. The van der Waals surface area contributed by atoms with Crippen molar-refractivity contribution in [3.8, 4) is 5.75 Å². The van der Waals surface area contributed by atoms with Crippen LogP contribution in [0.25, 0.3) is 0 Å². The lowest BCUT2D eigenvalue weighted by Crippen LogP contribution is -2.39. The summed E-state index contributed by atoms with van der Waals surface area (Å²) in [6, 6.07) is 7.91. The summed E-state index contributed by atoms with van der Waals surface area (Å²) in [5, 5.41) is 0. The Kier molecular flexibility index (Phi) is 5.30. The van der Waals surface area contributed by atoms with Gasteiger partial charge >= 0.3 is 0 Å². The average Bonchev–Trinajstić information content (AvgIpc) is 3.40. The summed E-state index contributed by atoms with van der Waals surface area (Å²) < 4.78 is 5.35. The maximum atomic E-state index is 13.1. The number of methoxy groups -OCH3 is 1. The van der Waals surface area contributed by atoms with Gasteiger partial charge in [-0.25, -0.2) is 0 Å². The fraction of sp³-hybridized carbons (Fsp3) is 0.600. The van der Waals surface area contributed by atoms with Gasteiger partial charge in [-0.1, -0.05) is 12.1 Å². The SMILES string of the molecule is CCN(CC)C(=O)C1CN(C(=O)C2CC2)CC1c1cccc(OC)c1. The van der Waals surface area contributed by atoms with Gasteiger partial charge in [0.25, 0.3) is 0 Å². The first-order valence-electron chi connectivity index (χ1n) is 9.30.